The number of halogens is 1. The number of para-hydroxylation sites is 1. The van der Waals surface area contributed by atoms with E-state index in [1.54, 1.807) is 39.0 Å². The Morgan fingerprint density at radius 3 is 2.27 bits per heavy atom. The molecule has 7 nitrogen and oxygen atoms in total. The highest BCUT2D eigenvalue weighted by atomic mass is 19.1. The molecular weight excluding hydrogens is 391 g/mol. The van der Waals surface area contributed by atoms with Crippen molar-refractivity contribution in [3.8, 4) is 5.75 Å². The number of carbonyl (C=O) groups excluding carboxylic acids is 3. The summed E-state index contributed by atoms with van der Waals surface area (Å²) in [5.74, 6) is -1.65. The Bertz CT molecular complexity index is 906. The van der Waals surface area contributed by atoms with E-state index in [9.17, 15) is 18.8 Å². The normalized spacial score (nSPS) is 10.8. The van der Waals surface area contributed by atoms with Crippen LogP contribution in [0.3, 0.4) is 0 Å². The van der Waals surface area contributed by atoms with Crippen molar-refractivity contribution in [3.63, 3.8) is 0 Å². The van der Waals surface area contributed by atoms with Crippen LogP contribution in [0.15, 0.2) is 48.5 Å². The van der Waals surface area contributed by atoms with Crippen LogP contribution in [0.25, 0.3) is 0 Å². The van der Waals surface area contributed by atoms with E-state index in [0.29, 0.717) is 5.69 Å². The summed E-state index contributed by atoms with van der Waals surface area (Å²) in [6, 6.07) is 11.7. The van der Waals surface area contributed by atoms with Crippen molar-refractivity contribution in [1.29, 1.82) is 0 Å². The number of ether oxygens (including phenoxy) is 2. The van der Waals surface area contributed by atoms with Gasteiger partial charge in [0.2, 0.25) is 5.91 Å². The summed E-state index contributed by atoms with van der Waals surface area (Å²) in [7, 11) is 1.26. The minimum absolute atomic E-state index is 0.198. The minimum Gasteiger partial charge on any atom is -0.483 e. The van der Waals surface area contributed by atoms with Gasteiger partial charge in [-0.15, -0.1) is 0 Å². The lowest BCUT2D eigenvalue weighted by molar-refractivity contribution is -0.141. The first kappa shape index (κ1) is 22.9. The zero-order valence-electron chi connectivity index (χ0n) is 17.4. The predicted octanol–water partition coefficient (Wildman–Crippen LogP) is 3.26. The van der Waals surface area contributed by atoms with Crippen molar-refractivity contribution < 1.29 is 28.2 Å². The maximum Gasteiger partial charge on any atom is 0.341 e. The van der Waals surface area contributed by atoms with Gasteiger partial charge in [0, 0.05) is 11.2 Å². The fraction of sp³-hybridized carbons (Fsp3) is 0.318. The molecule has 8 heteroatoms. The fourth-order valence-electron chi connectivity index (χ4n) is 2.67. The molecule has 0 aromatic heterocycles. The van der Waals surface area contributed by atoms with Crippen molar-refractivity contribution in [2.45, 2.75) is 26.3 Å². The number of hydrogen-bond acceptors (Lipinski definition) is 5. The van der Waals surface area contributed by atoms with E-state index in [4.69, 9.17) is 9.47 Å². The second-order valence-corrected chi connectivity index (χ2v) is 7.48. The minimum atomic E-state index is -0.664. The second-order valence-electron chi connectivity index (χ2n) is 7.48. The number of benzene rings is 2. The van der Waals surface area contributed by atoms with Crippen LogP contribution in [0, 0.1) is 5.82 Å². The van der Waals surface area contributed by atoms with Crippen molar-refractivity contribution >= 4 is 23.5 Å². The topological polar surface area (TPSA) is 84.9 Å². The Morgan fingerprint density at radius 1 is 1.03 bits per heavy atom. The largest absolute Gasteiger partial charge is 0.483 e. The standard InChI is InChI=1S/C22H25FN2O5/c1-22(2,3)25(13-19(26)24-16-11-9-15(23)10-12-16)20(27)14-30-18-8-6-5-7-17(18)21(28)29-4/h5-12H,13-14H2,1-4H3,(H,24,26). The molecule has 0 heterocycles. The first-order valence-corrected chi connectivity index (χ1v) is 9.28. The fourth-order valence-corrected chi connectivity index (χ4v) is 2.67. The molecule has 0 unspecified atom stereocenters. The van der Waals surface area contributed by atoms with E-state index in [-0.39, 0.29) is 24.5 Å². The zero-order valence-corrected chi connectivity index (χ0v) is 17.4. The third kappa shape index (κ3) is 6.30. The average Bonchev–Trinajstić information content (AvgIpc) is 2.70. The Morgan fingerprint density at radius 2 is 1.67 bits per heavy atom. The molecule has 0 aliphatic rings. The van der Waals surface area contributed by atoms with Crippen LogP contribution >= 0.6 is 0 Å². The van der Waals surface area contributed by atoms with Crippen LogP contribution in [-0.2, 0) is 14.3 Å². The molecule has 2 rings (SSSR count). The zero-order chi connectivity index (χ0) is 22.3. The molecule has 0 saturated carbocycles. The Hall–Kier alpha value is -3.42. The highest BCUT2D eigenvalue weighted by molar-refractivity contribution is 5.95. The number of rotatable bonds is 7. The molecule has 0 atom stereocenters. The molecule has 2 aromatic carbocycles. The maximum absolute atomic E-state index is 13.0. The van der Waals surface area contributed by atoms with Crippen LogP contribution in [0.2, 0.25) is 0 Å². The molecule has 0 spiro atoms. The van der Waals surface area contributed by atoms with Crippen molar-refractivity contribution in [1.82, 2.24) is 4.90 Å². The van der Waals surface area contributed by atoms with Crippen LogP contribution in [-0.4, -0.2) is 48.5 Å². The Kier molecular flexibility index (Phi) is 7.52. The summed E-state index contributed by atoms with van der Waals surface area (Å²) < 4.78 is 23.3. The average molecular weight is 416 g/mol. The van der Waals surface area contributed by atoms with Crippen LogP contribution in [0.5, 0.6) is 5.75 Å². The molecule has 0 aliphatic heterocycles. The van der Waals surface area contributed by atoms with Gasteiger partial charge in [-0.2, -0.15) is 0 Å². The third-order valence-corrected chi connectivity index (χ3v) is 4.18. The quantitative estimate of drug-likeness (QED) is 0.701. The van der Waals surface area contributed by atoms with E-state index < -0.39 is 29.1 Å². The molecule has 0 radical (unpaired) electrons. The predicted molar refractivity (Wildman–Crippen MR) is 110 cm³/mol. The first-order valence-electron chi connectivity index (χ1n) is 9.28. The molecular formula is C22H25FN2O5. The lowest BCUT2D eigenvalue weighted by Gasteiger charge is -2.35. The number of nitrogens with zero attached hydrogens (tertiary/aromatic N) is 1. The summed E-state index contributed by atoms with van der Waals surface area (Å²) in [6.45, 7) is 4.78. The van der Waals surface area contributed by atoms with E-state index in [1.165, 1.54) is 42.3 Å². The summed E-state index contributed by atoms with van der Waals surface area (Å²) in [5.41, 5.74) is -0.0438. The SMILES string of the molecule is COC(=O)c1ccccc1OCC(=O)N(CC(=O)Nc1ccc(F)cc1)C(C)(C)C. The summed E-state index contributed by atoms with van der Waals surface area (Å²) in [4.78, 5) is 38.4. The van der Waals surface area contributed by atoms with Gasteiger partial charge in [-0.05, 0) is 57.2 Å². The number of nitrogens with one attached hydrogen (secondary N) is 1. The smallest absolute Gasteiger partial charge is 0.341 e. The number of hydrogen-bond donors (Lipinski definition) is 1. The Balaban J connectivity index is 2.06. The first-order chi connectivity index (χ1) is 14.1. The summed E-state index contributed by atoms with van der Waals surface area (Å²) >= 11 is 0. The lowest BCUT2D eigenvalue weighted by Crippen LogP contribution is -2.51. The number of anilines is 1. The molecule has 30 heavy (non-hydrogen) atoms. The van der Waals surface area contributed by atoms with Gasteiger partial charge in [0.05, 0.1) is 7.11 Å². The molecule has 0 aliphatic carbocycles. The molecule has 1 N–H and O–H groups in total. The van der Waals surface area contributed by atoms with Gasteiger partial charge in [0.25, 0.3) is 5.91 Å². The van der Waals surface area contributed by atoms with Gasteiger partial charge in [-0.1, -0.05) is 12.1 Å². The van der Waals surface area contributed by atoms with E-state index in [2.05, 4.69) is 5.32 Å². The summed E-state index contributed by atoms with van der Waals surface area (Å²) in [5, 5.41) is 2.63. The van der Waals surface area contributed by atoms with E-state index in [0.717, 1.165) is 0 Å². The molecule has 2 amide bonds. The highest BCUT2D eigenvalue weighted by Gasteiger charge is 2.29. The van der Waals surface area contributed by atoms with Gasteiger partial charge in [0.1, 0.15) is 23.7 Å². The Labute approximate surface area is 174 Å². The van der Waals surface area contributed by atoms with E-state index >= 15 is 0 Å². The number of esters is 1. The second kappa shape index (κ2) is 9.87. The molecule has 0 bridgehead atoms. The molecule has 0 fully saturated rings. The molecule has 0 saturated heterocycles. The lowest BCUT2D eigenvalue weighted by atomic mass is 10.1. The van der Waals surface area contributed by atoms with Gasteiger partial charge < -0.3 is 19.7 Å². The monoisotopic (exact) mass is 416 g/mol. The maximum atomic E-state index is 13.0. The van der Waals surface area contributed by atoms with Crippen molar-refractivity contribution in [3.05, 3.63) is 59.9 Å². The van der Waals surface area contributed by atoms with Crippen molar-refractivity contribution in [2.75, 3.05) is 25.6 Å². The van der Waals surface area contributed by atoms with Gasteiger partial charge in [0.15, 0.2) is 6.61 Å². The molecule has 2 aromatic rings. The number of carbonyl (C=O) groups is 3. The van der Waals surface area contributed by atoms with Crippen molar-refractivity contribution in [2.24, 2.45) is 0 Å². The van der Waals surface area contributed by atoms with Gasteiger partial charge >= 0.3 is 5.97 Å². The highest BCUT2D eigenvalue weighted by Crippen LogP contribution is 2.20. The number of methoxy groups -OCH3 is 1. The van der Waals surface area contributed by atoms with Crippen LogP contribution < -0.4 is 10.1 Å². The number of amides is 2. The third-order valence-electron chi connectivity index (χ3n) is 4.18. The van der Waals surface area contributed by atoms with Crippen LogP contribution in [0.1, 0.15) is 31.1 Å². The van der Waals surface area contributed by atoms with Gasteiger partial charge in [-0.25, -0.2) is 9.18 Å². The molecule has 160 valence electrons. The van der Waals surface area contributed by atoms with E-state index in [1.807, 2.05) is 0 Å². The van der Waals surface area contributed by atoms with Crippen LogP contribution in [0.4, 0.5) is 10.1 Å². The van der Waals surface area contributed by atoms with Gasteiger partial charge in [-0.3, -0.25) is 9.59 Å². The summed E-state index contributed by atoms with van der Waals surface area (Å²) in [6.07, 6.45) is 0.